The lowest BCUT2D eigenvalue weighted by atomic mass is 10.1. The Kier molecular flexibility index (Phi) is 8.77. The second kappa shape index (κ2) is 11.5. The number of benzene rings is 1. The van der Waals surface area contributed by atoms with Crippen molar-refractivity contribution in [3.8, 4) is 0 Å². The Morgan fingerprint density at radius 2 is 1.79 bits per heavy atom. The molecule has 1 aromatic rings. The number of nitrogens with one attached hydrogen (secondary N) is 2. The second-order valence-corrected chi connectivity index (χ2v) is 8.49. The van der Waals surface area contributed by atoms with Crippen molar-refractivity contribution in [2.24, 2.45) is 10.9 Å². The minimum atomic E-state index is 0.311. The number of hydrogen-bond donors (Lipinski definition) is 2. The van der Waals surface area contributed by atoms with Crippen molar-refractivity contribution in [1.82, 2.24) is 15.5 Å². The summed E-state index contributed by atoms with van der Waals surface area (Å²) >= 11 is 0. The summed E-state index contributed by atoms with van der Waals surface area (Å²) in [7, 11) is 1.81. The molecule has 1 aliphatic carbocycles. The summed E-state index contributed by atoms with van der Waals surface area (Å²) in [6, 6.07) is 8.87. The zero-order valence-corrected chi connectivity index (χ0v) is 18.3. The fourth-order valence-electron chi connectivity index (χ4n) is 3.76. The fourth-order valence-corrected chi connectivity index (χ4v) is 3.76. The number of hydrogen-bond acceptors (Lipinski definition) is 4. The van der Waals surface area contributed by atoms with Gasteiger partial charge < -0.3 is 20.1 Å². The highest BCUT2D eigenvalue weighted by molar-refractivity contribution is 5.79. The topological polar surface area (TPSA) is 58.1 Å². The third-order valence-corrected chi connectivity index (χ3v) is 5.42. The van der Waals surface area contributed by atoms with E-state index in [-0.39, 0.29) is 0 Å². The van der Waals surface area contributed by atoms with Gasteiger partial charge in [0.15, 0.2) is 5.96 Å². The summed E-state index contributed by atoms with van der Waals surface area (Å²) in [4.78, 5) is 6.78. The van der Waals surface area contributed by atoms with E-state index in [0.717, 1.165) is 64.2 Å². The van der Waals surface area contributed by atoms with Crippen LogP contribution in [0, 0.1) is 5.92 Å². The molecule has 1 saturated heterocycles. The summed E-state index contributed by atoms with van der Waals surface area (Å²) in [5.41, 5.74) is 2.61. The van der Waals surface area contributed by atoms with Crippen LogP contribution in [-0.2, 0) is 22.6 Å². The minimum absolute atomic E-state index is 0.311. The van der Waals surface area contributed by atoms with Crippen LogP contribution >= 0.6 is 0 Å². The van der Waals surface area contributed by atoms with Gasteiger partial charge in [-0.15, -0.1) is 0 Å². The predicted octanol–water partition coefficient (Wildman–Crippen LogP) is 2.78. The molecular formula is C23H38N4O2. The number of nitrogens with zero attached hydrogens (tertiary/aromatic N) is 2. The van der Waals surface area contributed by atoms with Crippen LogP contribution < -0.4 is 10.6 Å². The van der Waals surface area contributed by atoms with Crippen molar-refractivity contribution in [3.05, 3.63) is 35.4 Å². The first-order valence-corrected chi connectivity index (χ1v) is 11.1. The number of morpholine rings is 1. The highest BCUT2D eigenvalue weighted by Crippen LogP contribution is 2.28. The van der Waals surface area contributed by atoms with Crippen molar-refractivity contribution in [2.45, 2.75) is 58.4 Å². The normalized spacial score (nSPS) is 23.2. The van der Waals surface area contributed by atoms with Crippen LogP contribution in [0.25, 0.3) is 0 Å². The Morgan fingerprint density at radius 3 is 2.45 bits per heavy atom. The molecule has 0 bridgehead atoms. The lowest BCUT2D eigenvalue weighted by Gasteiger charge is -2.35. The molecule has 162 valence electrons. The molecule has 2 atom stereocenters. The maximum Gasteiger partial charge on any atom is 0.191 e. The van der Waals surface area contributed by atoms with Crippen molar-refractivity contribution in [2.75, 3.05) is 39.9 Å². The zero-order valence-electron chi connectivity index (χ0n) is 18.3. The first-order chi connectivity index (χ1) is 14.1. The molecule has 6 heteroatoms. The zero-order chi connectivity index (χ0) is 20.5. The summed E-state index contributed by atoms with van der Waals surface area (Å²) in [5, 5.41) is 6.75. The fraction of sp³-hybridized carbons (Fsp3) is 0.696. The Bertz CT molecular complexity index is 620. The van der Waals surface area contributed by atoms with Crippen LogP contribution in [0.15, 0.2) is 29.3 Å². The van der Waals surface area contributed by atoms with E-state index in [1.54, 1.807) is 0 Å². The molecular weight excluding hydrogens is 364 g/mol. The molecule has 0 amide bonds. The van der Waals surface area contributed by atoms with Crippen LogP contribution in [0.5, 0.6) is 0 Å². The van der Waals surface area contributed by atoms with Crippen LogP contribution in [0.1, 0.15) is 44.2 Å². The van der Waals surface area contributed by atoms with Gasteiger partial charge in [-0.1, -0.05) is 24.3 Å². The SMILES string of the molecule is CN=C(NCCCOCC1CC1)NCc1ccc(CN2CC(C)OC(C)C2)cc1. The molecule has 1 aromatic carbocycles. The Labute approximate surface area is 176 Å². The molecule has 1 aliphatic heterocycles. The quantitative estimate of drug-likeness (QED) is 0.358. The van der Waals surface area contributed by atoms with Crippen LogP contribution in [0.3, 0.4) is 0 Å². The Hall–Kier alpha value is -1.63. The predicted molar refractivity (Wildman–Crippen MR) is 118 cm³/mol. The van der Waals surface area contributed by atoms with Crippen LogP contribution in [0.2, 0.25) is 0 Å². The molecule has 2 unspecified atom stereocenters. The molecule has 1 heterocycles. The second-order valence-electron chi connectivity index (χ2n) is 8.49. The van der Waals surface area contributed by atoms with E-state index >= 15 is 0 Å². The molecule has 0 aromatic heterocycles. The van der Waals surface area contributed by atoms with Gasteiger partial charge in [-0.25, -0.2) is 0 Å². The standard InChI is InChI=1S/C23H38N4O2/c1-18-14-27(15-19(2)29-18)16-21-7-5-20(6-8-21)13-26-23(24-3)25-11-4-12-28-17-22-9-10-22/h5-8,18-19,22H,4,9-17H2,1-3H3,(H2,24,25,26). The number of ether oxygens (including phenoxy) is 2. The molecule has 1 saturated carbocycles. The van der Waals surface area contributed by atoms with E-state index in [1.165, 1.54) is 24.0 Å². The maximum absolute atomic E-state index is 5.82. The third-order valence-electron chi connectivity index (χ3n) is 5.42. The lowest BCUT2D eigenvalue weighted by Crippen LogP contribution is -2.44. The van der Waals surface area contributed by atoms with Gasteiger partial charge in [0.1, 0.15) is 0 Å². The lowest BCUT2D eigenvalue weighted by molar-refractivity contribution is -0.0704. The van der Waals surface area contributed by atoms with Gasteiger partial charge in [-0.05, 0) is 50.2 Å². The van der Waals surface area contributed by atoms with Crippen molar-refractivity contribution < 1.29 is 9.47 Å². The smallest absolute Gasteiger partial charge is 0.191 e. The van der Waals surface area contributed by atoms with E-state index in [9.17, 15) is 0 Å². The molecule has 29 heavy (non-hydrogen) atoms. The molecule has 2 aliphatic rings. The van der Waals surface area contributed by atoms with Gasteiger partial charge in [0.25, 0.3) is 0 Å². The molecule has 2 fully saturated rings. The van der Waals surface area contributed by atoms with E-state index in [2.05, 4.69) is 58.6 Å². The first-order valence-electron chi connectivity index (χ1n) is 11.1. The van der Waals surface area contributed by atoms with Gasteiger partial charge >= 0.3 is 0 Å². The Morgan fingerprint density at radius 1 is 1.10 bits per heavy atom. The maximum atomic E-state index is 5.82. The molecule has 2 N–H and O–H groups in total. The van der Waals surface area contributed by atoms with Gasteiger partial charge in [-0.3, -0.25) is 9.89 Å². The van der Waals surface area contributed by atoms with Gasteiger partial charge in [0.05, 0.1) is 12.2 Å². The average molecular weight is 403 g/mol. The van der Waals surface area contributed by atoms with Gasteiger partial charge in [0, 0.05) is 53.0 Å². The summed E-state index contributed by atoms with van der Waals surface area (Å²) < 4.78 is 11.5. The molecule has 3 rings (SSSR count). The van der Waals surface area contributed by atoms with E-state index in [1.807, 2.05) is 7.05 Å². The summed E-state index contributed by atoms with van der Waals surface area (Å²) in [5.74, 6) is 1.68. The molecule has 6 nitrogen and oxygen atoms in total. The largest absolute Gasteiger partial charge is 0.381 e. The number of guanidine groups is 1. The number of rotatable bonds is 10. The molecule has 0 spiro atoms. The average Bonchev–Trinajstić information content (AvgIpc) is 3.51. The number of aliphatic imine (C=N–C) groups is 1. The first kappa shape index (κ1) is 22.1. The van der Waals surface area contributed by atoms with Crippen molar-refractivity contribution >= 4 is 5.96 Å². The Balaban J connectivity index is 1.32. The summed E-state index contributed by atoms with van der Waals surface area (Å²) in [6.45, 7) is 10.7. The highest BCUT2D eigenvalue weighted by Gasteiger charge is 2.22. The van der Waals surface area contributed by atoms with Crippen LogP contribution in [0.4, 0.5) is 0 Å². The van der Waals surface area contributed by atoms with Gasteiger partial charge in [-0.2, -0.15) is 0 Å². The monoisotopic (exact) mass is 402 g/mol. The van der Waals surface area contributed by atoms with Gasteiger partial charge in [0.2, 0.25) is 0 Å². The van der Waals surface area contributed by atoms with E-state index in [4.69, 9.17) is 9.47 Å². The summed E-state index contributed by atoms with van der Waals surface area (Å²) in [6.07, 6.45) is 4.32. The highest BCUT2D eigenvalue weighted by atomic mass is 16.5. The van der Waals surface area contributed by atoms with Crippen molar-refractivity contribution in [1.29, 1.82) is 0 Å². The van der Waals surface area contributed by atoms with E-state index < -0.39 is 0 Å². The molecule has 0 radical (unpaired) electrons. The van der Waals surface area contributed by atoms with Crippen molar-refractivity contribution in [3.63, 3.8) is 0 Å². The van der Waals surface area contributed by atoms with E-state index in [0.29, 0.717) is 12.2 Å². The third kappa shape index (κ3) is 8.33. The minimum Gasteiger partial charge on any atom is -0.381 e. The van der Waals surface area contributed by atoms with Crippen LogP contribution in [-0.4, -0.2) is 63.0 Å².